The molecule has 8 nitrogen and oxygen atoms in total. The van der Waals surface area contributed by atoms with Crippen molar-refractivity contribution in [3.05, 3.63) is 59.2 Å². The van der Waals surface area contributed by atoms with Crippen molar-refractivity contribution in [2.45, 2.75) is 6.04 Å². The van der Waals surface area contributed by atoms with Gasteiger partial charge in [0.15, 0.2) is 23.1 Å². The minimum absolute atomic E-state index is 0.0543. The van der Waals surface area contributed by atoms with Crippen LogP contribution in [-0.4, -0.2) is 38.1 Å². The molecule has 1 aliphatic rings. The van der Waals surface area contributed by atoms with Gasteiger partial charge >= 0.3 is 0 Å². The molecule has 0 spiro atoms. The molecule has 0 radical (unpaired) electrons. The van der Waals surface area contributed by atoms with Gasteiger partial charge in [0.25, 0.3) is 5.91 Å². The number of halogens is 2. The topological polar surface area (TPSA) is 106 Å². The van der Waals surface area contributed by atoms with Gasteiger partial charge in [-0.1, -0.05) is 6.07 Å². The van der Waals surface area contributed by atoms with Crippen LogP contribution in [0.5, 0.6) is 11.5 Å². The van der Waals surface area contributed by atoms with Crippen LogP contribution >= 0.6 is 0 Å². The zero-order valence-corrected chi connectivity index (χ0v) is 15.3. The Morgan fingerprint density at radius 1 is 1.03 bits per heavy atom. The Morgan fingerprint density at radius 3 is 2.52 bits per heavy atom. The Hall–Kier alpha value is -3.69. The molecule has 152 valence electrons. The fraction of sp³-hybridized carbons (Fsp3) is 0.211. The third kappa shape index (κ3) is 4.60. The van der Waals surface area contributed by atoms with Gasteiger partial charge in [-0.2, -0.15) is 0 Å². The Labute approximate surface area is 164 Å². The third-order valence-electron chi connectivity index (χ3n) is 4.14. The molecule has 0 saturated heterocycles. The van der Waals surface area contributed by atoms with E-state index in [9.17, 15) is 23.2 Å². The zero-order valence-electron chi connectivity index (χ0n) is 15.3. The van der Waals surface area contributed by atoms with E-state index in [0.29, 0.717) is 11.5 Å². The van der Waals surface area contributed by atoms with Crippen LogP contribution in [-0.2, 0) is 9.59 Å². The van der Waals surface area contributed by atoms with Crippen LogP contribution in [0, 0.1) is 11.6 Å². The fourth-order valence-electron chi connectivity index (χ4n) is 2.65. The molecular formula is C19H17F2N3O5. The molecule has 29 heavy (non-hydrogen) atoms. The van der Waals surface area contributed by atoms with Crippen molar-refractivity contribution in [3.8, 4) is 11.5 Å². The number of nitrogens with one attached hydrogen (secondary N) is 3. The molecule has 3 amide bonds. The standard InChI is InChI=1S/C19H17F2N3O5/c1-22-19(27)17(10-2-4-12(20)13(21)6-10)24-16(25)8-23-18(26)11-3-5-14-15(7-11)29-9-28-14/h2-7,17H,8-9H2,1H3,(H,22,27)(H,23,26)(H,24,25). The Balaban J connectivity index is 1.63. The van der Waals surface area contributed by atoms with Crippen molar-refractivity contribution in [2.75, 3.05) is 20.4 Å². The number of amides is 3. The van der Waals surface area contributed by atoms with Gasteiger partial charge in [-0.25, -0.2) is 8.78 Å². The summed E-state index contributed by atoms with van der Waals surface area (Å²) in [5.74, 6) is -3.17. The van der Waals surface area contributed by atoms with E-state index in [1.807, 2.05) is 0 Å². The summed E-state index contributed by atoms with van der Waals surface area (Å²) in [4.78, 5) is 36.5. The molecule has 3 rings (SSSR count). The van der Waals surface area contributed by atoms with E-state index in [0.717, 1.165) is 12.1 Å². The van der Waals surface area contributed by atoms with Gasteiger partial charge in [-0.05, 0) is 35.9 Å². The van der Waals surface area contributed by atoms with E-state index in [4.69, 9.17) is 9.47 Å². The largest absolute Gasteiger partial charge is 0.454 e. The van der Waals surface area contributed by atoms with Crippen LogP contribution in [0.25, 0.3) is 0 Å². The van der Waals surface area contributed by atoms with Gasteiger partial charge in [-0.3, -0.25) is 14.4 Å². The normalized spacial score (nSPS) is 12.8. The summed E-state index contributed by atoms with van der Waals surface area (Å²) in [6.45, 7) is -0.377. The second-order valence-electron chi connectivity index (χ2n) is 6.04. The lowest BCUT2D eigenvalue weighted by molar-refractivity contribution is -0.128. The summed E-state index contributed by atoms with van der Waals surface area (Å²) in [5.41, 5.74) is 0.309. The van der Waals surface area contributed by atoms with Crippen molar-refractivity contribution in [1.29, 1.82) is 0 Å². The lowest BCUT2D eigenvalue weighted by atomic mass is 10.1. The van der Waals surface area contributed by atoms with Crippen molar-refractivity contribution in [1.82, 2.24) is 16.0 Å². The molecule has 0 saturated carbocycles. The van der Waals surface area contributed by atoms with Crippen LogP contribution in [0.2, 0.25) is 0 Å². The highest BCUT2D eigenvalue weighted by Crippen LogP contribution is 2.32. The average Bonchev–Trinajstić information content (AvgIpc) is 3.19. The van der Waals surface area contributed by atoms with Crippen LogP contribution in [0.1, 0.15) is 22.0 Å². The predicted octanol–water partition coefficient (Wildman–Crippen LogP) is 1.03. The lowest BCUT2D eigenvalue weighted by Gasteiger charge is -2.18. The van der Waals surface area contributed by atoms with Crippen LogP contribution < -0.4 is 25.4 Å². The van der Waals surface area contributed by atoms with E-state index in [1.54, 1.807) is 6.07 Å². The maximum atomic E-state index is 13.5. The van der Waals surface area contributed by atoms with Gasteiger partial charge in [0.05, 0.1) is 6.54 Å². The minimum atomic E-state index is -1.26. The van der Waals surface area contributed by atoms with Crippen molar-refractivity contribution < 1.29 is 32.6 Å². The number of carbonyl (C=O) groups is 3. The molecule has 0 bridgehead atoms. The van der Waals surface area contributed by atoms with Gasteiger partial charge in [0.2, 0.25) is 18.6 Å². The van der Waals surface area contributed by atoms with Crippen molar-refractivity contribution in [2.24, 2.45) is 0 Å². The van der Waals surface area contributed by atoms with Crippen LogP contribution in [0.3, 0.4) is 0 Å². The first kappa shape index (κ1) is 20.1. The first-order valence-electron chi connectivity index (χ1n) is 8.53. The average molecular weight is 405 g/mol. The Kier molecular flexibility index (Phi) is 5.91. The molecule has 3 N–H and O–H groups in total. The van der Waals surface area contributed by atoms with E-state index in [-0.39, 0.29) is 17.9 Å². The van der Waals surface area contributed by atoms with E-state index >= 15 is 0 Å². The molecule has 0 aliphatic carbocycles. The number of fused-ring (bicyclic) bond motifs is 1. The summed E-state index contributed by atoms with van der Waals surface area (Å²) in [6.07, 6.45) is 0. The van der Waals surface area contributed by atoms with E-state index in [2.05, 4.69) is 16.0 Å². The zero-order chi connectivity index (χ0) is 21.0. The molecule has 10 heteroatoms. The summed E-state index contributed by atoms with van der Waals surface area (Å²) >= 11 is 0. The fourth-order valence-corrected chi connectivity index (χ4v) is 2.65. The van der Waals surface area contributed by atoms with Crippen molar-refractivity contribution in [3.63, 3.8) is 0 Å². The molecule has 1 unspecified atom stereocenters. The molecule has 1 heterocycles. The highest BCUT2D eigenvalue weighted by atomic mass is 19.2. The van der Waals surface area contributed by atoms with Gasteiger partial charge in [0.1, 0.15) is 6.04 Å². The SMILES string of the molecule is CNC(=O)C(NC(=O)CNC(=O)c1ccc2c(c1)OCO2)c1ccc(F)c(F)c1. The van der Waals surface area contributed by atoms with Crippen LogP contribution in [0.15, 0.2) is 36.4 Å². The number of hydrogen-bond acceptors (Lipinski definition) is 5. The third-order valence-corrected chi connectivity index (χ3v) is 4.14. The summed E-state index contributed by atoms with van der Waals surface area (Å²) in [6, 6.07) is 6.16. The number of likely N-dealkylation sites (N-methyl/N-ethyl adjacent to an activating group) is 1. The number of benzene rings is 2. The van der Waals surface area contributed by atoms with Gasteiger partial charge in [-0.15, -0.1) is 0 Å². The summed E-state index contributed by atoms with van der Waals surface area (Å²) < 4.78 is 37.0. The van der Waals surface area contributed by atoms with E-state index < -0.39 is 41.9 Å². The first-order chi connectivity index (χ1) is 13.9. The molecule has 0 aromatic heterocycles. The van der Waals surface area contributed by atoms with Crippen molar-refractivity contribution >= 4 is 17.7 Å². The lowest BCUT2D eigenvalue weighted by Crippen LogP contribution is -2.43. The molecule has 2 aromatic rings. The van der Waals surface area contributed by atoms with Gasteiger partial charge in [0, 0.05) is 12.6 Å². The maximum absolute atomic E-state index is 13.5. The Morgan fingerprint density at radius 2 is 1.79 bits per heavy atom. The van der Waals surface area contributed by atoms with Gasteiger partial charge < -0.3 is 25.4 Å². The second-order valence-corrected chi connectivity index (χ2v) is 6.04. The predicted molar refractivity (Wildman–Crippen MR) is 96.2 cm³/mol. The monoisotopic (exact) mass is 405 g/mol. The summed E-state index contributed by atoms with van der Waals surface area (Å²) in [7, 11) is 1.34. The summed E-state index contributed by atoms with van der Waals surface area (Å²) in [5, 5.41) is 7.13. The quantitative estimate of drug-likeness (QED) is 0.666. The highest BCUT2D eigenvalue weighted by Gasteiger charge is 2.23. The molecular weight excluding hydrogens is 388 g/mol. The van der Waals surface area contributed by atoms with E-state index in [1.165, 1.54) is 25.2 Å². The smallest absolute Gasteiger partial charge is 0.251 e. The number of ether oxygens (including phenoxy) is 2. The first-order valence-corrected chi connectivity index (χ1v) is 8.53. The molecule has 1 atom stereocenters. The number of rotatable bonds is 6. The van der Waals surface area contributed by atoms with Crippen LogP contribution in [0.4, 0.5) is 8.78 Å². The Bertz CT molecular complexity index is 967. The minimum Gasteiger partial charge on any atom is -0.454 e. The molecule has 1 aliphatic heterocycles. The highest BCUT2D eigenvalue weighted by molar-refractivity contribution is 5.97. The number of hydrogen-bond donors (Lipinski definition) is 3. The second kappa shape index (κ2) is 8.55. The molecule has 2 aromatic carbocycles. The maximum Gasteiger partial charge on any atom is 0.251 e. The molecule has 0 fully saturated rings. The number of carbonyl (C=O) groups excluding carboxylic acids is 3.